The Kier molecular flexibility index (Phi) is 3.87. The maximum absolute atomic E-state index is 5.40. The largest absolute Gasteiger partial charge is 0.384 e. The summed E-state index contributed by atoms with van der Waals surface area (Å²) in [5, 5.41) is 4.51. The SMILES string of the molecule is CCn1nc(C)c2[nH]c(=S)n(CC(C)COC)c21. The van der Waals surface area contributed by atoms with E-state index in [1.165, 1.54) is 0 Å². The fourth-order valence-electron chi connectivity index (χ4n) is 2.30. The van der Waals surface area contributed by atoms with Crippen LogP contribution in [-0.4, -0.2) is 33.0 Å². The zero-order valence-corrected chi connectivity index (χ0v) is 12.2. The molecule has 2 heterocycles. The number of hydrogen-bond donors (Lipinski definition) is 1. The van der Waals surface area contributed by atoms with Crippen LogP contribution in [0.25, 0.3) is 11.2 Å². The summed E-state index contributed by atoms with van der Waals surface area (Å²) in [7, 11) is 1.73. The van der Waals surface area contributed by atoms with Crippen molar-refractivity contribution in [1.29, 1.82) is 0 Å². The highest BCUT2D eigenvalue weighted by Gasteiger charge is 2.15. The average Bonchev–Trinajstić information content (AvgIpc) is 2.79. The van der Waals surface area contributed by atoms with Crippen LogP contribution in [0.4, 0.5) is 0 Å². The topological polar surface area (TPSA) is 47.8 Å². The number of fused-ring (bicyclic) bond motifs is 1. The molecule has 0 aromatic carbocycles. The van der Waals surface area contributed by atoms with E-state index in [9.17, 15) is 0 Å². The quantitative estimate of drug-likeness (QED) is 0.848. The predicted octanol–water partition coefficient (Wildman–Crippen LogP) is 2.51. The fourth-order valence-corrected chi connectivity index (χ4v) is 2.56. The highest BCUT2D eigenvalue weighted by atomic mass is 32.1. The molecule has 5 nitrogen and oxygen atoms in total. The molecule has 2 aromatic rings. The Labute approximate surface area is 112 Å². The van der Waals surface area contributed by atoms with E-state index < -0.39 is 0 Å². The van der Waals surface area contributed by atoms with Crippen molar-refractivity contribution in [2.45, 2.75) is 33.9 Å². The molecule has 1 unspecified atom stereocenters. The number of hydrogen-bond acceptors (Lipinski definition) is 3. The number of aromatic nitrogens is 4. The van der Waals surface area contributed by atoms with Gasteiger partial charge in [0.25, 0.3) is 0 Å². The van der Waals surface area contributed by atoms with Gasteiger partial charge in [-0.3, -0.25) is 0 Å². The molecule has 0 aliphatic rings. The Morgan fingerprint density at radius 3 is 2.83 bits per heavy atom. The molecule has 2 rings (SSSR count). The zero-order valence-electron chi connectivity index (χ0n) is 11.4. The lowest BCUT2D eigenvalue weighted by atomic mass is 10.2. The number of imidazole rings is 1. The van der Waals surface area contributed by atoms with Gasteiger partial charge in [0.05, 0.1) is 12.3 Å². The van der Waals surface area contributed by atoms with Gasteiger partial charge in [0.15, 0.2) is 10.4 Å². The minimum absolute atomic E-state index is 0.418. The predicted molar refractivity (Wildman–Crippen MR) is 74.4 cm³/mol. The first kappa shape index (κ1) is 13.3. The Bertz CT molecular complexity index is 595. The lowest BCUT2D eigenvalue weighted by Gasteiger charge is -2.12. The van der Waals surface area contributed by atoms with Crippen LogP contribution in [0.15, 0.2) is 0 Å². The van der Waals surface area contributed by atoms with Crippen molar-refractivity contribution in [3.8, 4) is 0 Å². The van der Waals surface area contributed by atoms with E-state index >= 15 is 0 Å². The lowest BCUT2D eigenvalue weighted by molar-refractivity contribution is 0.151. The van der Waals surface area contributed by atoms with Crippen molar-refractivity contribution in [3.63, 3.8) is 0 Å². The second kappa shape index (κ2) is 5.24. The summed E-state index contributed by atoms with van der Waals surface area (Å²) in [6.07, 6.45) is 0. The number of ether oxygens (including phenoxy) is 1. The van der Waals surface area contributed by atoms with Crippen molar-refractivity contribution >= 4 is 23.4 Å². The summed E-state index contributed by atoms with van der Waals surface area (Å²) in [6.45, 7) is 8.66. The summed E-state index contributed by atoms with van der Waals surface area (Å²) in [4.78, 5) is 3.25. The first-order valence-electron chi connectivity index (χ1n) is 6.23. The maximum Gasteiger partial charge on any atom is 0.179 e. The summed E-state index contributed by atoms with van der Waals surface area (Å²) >= 11 is 5.40. The van der Waals surface area contributed by atoms with Gasteiger partial charge in [-0.25, -0.2) is 4.68 Å². The van der Waals surface area contributed by atoms with Gasteiger partial charge in [-0.15, -0.1) is 0 Å². The Balaban J connectivity index is 2.48. The summed E-state index contributed by atoms with van der Waals surface area (Å²) in [5.74, 6) is 0.418. The second-order valence-corrected chi connectivity index (χ2v) is 5.09. The molecule has 0 radical (unpaired) electrons. The molecular weight excluding hydrogens is 248 g/mol. The van der Waals surface area contributed by atoms with Crippen molar-refractivity contribution in [2.75, 3.05) is 13.7 Å². The Hall–Kier alpha value is -1.14. The van der Waals surface area contributed by atoms with Gasteiger partial charge in [-0.1, -0.05) is 6.92 Å². The van der Waals surface area contributed by atoms with Crippen molar-refractivity contribution in [2.24, 2.45) is 5.92 Å². The third-order valence-electron chi connectivity index (χ3n) is 3.08. The van der Waals surface area contributed by atoms with E-state index in [-0.39, 0.29) is 0 Å². The van der Waals surface area contributed by atoms with E-state index in [1.807, 2.05) is 11.6 Å². The normalized spacial score (nSPS) is 13.3. The maximum atomic E-state index is 5.40. The molecule has 0 amide bonds. The monoisotopic (exact) mass is 268 g/mol. The van der Waals surface area contributed by atoms with Crippen molar-refractivity contribution < 1.29 is 4.74 Å². The molecule has 0 saturated carbocycles. The van der Waals surface area contributed by atoms with Crippen LogP contribution < -0.4 is 0 Å². The van der Waals surface area contributed by atoms with E-state index in [4.69, 9.17) is 17.0 Å². The van der Waals surface area contributed by atoms with E-state index in [0.717, 1.165) is 41.3 Å². The number of nitrogens with zero attached hydrogens (tertiary/aromatic N) is 3. The number of H-pyrrole nitrogens is 1. The van der Waals surface area contributed by atoms with Crippen LogP contribution in [0.5, 0.6) is 0 Å². The highest BCUT2D eigenvalue weighted by Crippen LogP contribution is 2.19. The molecule has 18 heavy (non-hydrogen) atoms. The zero-order chi connectivity index (χ0) is 13.3. The van der Waals surface area contributed by atoms with Crippen LogP contribution >= 0.6 is 12.2 Å². The number of nitrogens with one attached hydrogen (secondary N) is 1. The van der Waals surface area contributed by atoms with Gasteiger partial charge < -0.3 is 14.3 Å². The smallest absolute Gasteiger partial charge is 0.179 e. The van der Waals surface area contributed by atoms with Gasteiger partial charge in [-0.05, 0) is 32.0 Å². The average molecular weight is 268 g/mol. The van der Waals surface area contributed by atoms with E-state index in [0.29, 0.717) is 5.92 Å². The number of rotatable bonds is 5. The Morgan fingerprint density at radius 1 is 1.50 bits per heavy atom. The highest BCUT2D eigenvalue weighted by molar-refractivity contribution is 7.71. The van der Waals surface area contributed by atoms with Gasteiger partial charge >= 0.3 is 0 Å². The van der Waals surface area contributed by atoms with Gasteiger partial charge in [-0.2, -0.15) is 5.10 Å². The van der Waals surface area contributed by atoms with Gasteiger partial charge in [0, 0.05) is 20.2 Å². The molecule has 0 aliphatic heterocycles. The molecule has 1 atom stereocenters. The second-order valence-electron chi connectivity index (χ2n) is 4.70. The van der Waals surface area contributed by atoms with E-state index in [1.54, 1.807) is 7.11 Å². The summed E-state index contributed by atoms with van der Waals surface area (Å²) < 4.78 is 10.1. The molecule has 0 saturated heterocycles. The molecule has 1 N–H and O–H groups in total. The Morgan fingerprint density at radius 2 is 2.22 bits per heavy atom. The van der Waals surface area contributed by atoms with Crippen molar-refractivity contribution in [3.05, 3.63) is 10.5 Å². The van der Waals surface area contributed by atoms with Crippen LogP contribution in [0.2, 0.25) is 0 Å². The minimum Gasteiger partial charge on any atom is -0.384 e. The standard InChI is InChI=1S/C12H20N4OS/c1-5-16-11-10(9(3)14-16)13-12(18)15(11)6-8(2)7-17-4/h8H,5-7H2,1-4H3,(H,13,18). The first-order chi connectivity index (χ1) is 8.58. The molecule has 0 spiro atoms. The number of aromatic amines is 1. The molecule has 2 aromatic heterocycles. The van der Waals surface area contributed by atoms with Crippen LogP contribution in [0.3, 0.4) is 0 Å². The first-order valence-corrected chi connectivity index (χ1v) is 6.64. The summed E-state index contributed by atoms with van der Waals surface area (Å²) in [6, 6.07) is 0. The van der Waals surface area contributed by atoms with Gasteiger partial charge in [0.2, 0.25) is 0 Å². The number of methoxy groups -OCH3 is 1. The third-order valence-corrected chi connectivity index (χ3v) is 3.40. The molecular formula is C12H20N4OS. The lowest BCUT2D eigenvalue weighted by Crippen LogP contribution is -2.14. The van der Waals surface area contributed by atoms with Gasteiger partial charge in [0.1, 0.15) is 5.52 Å². The molecule has 100 valence electrons. The summed E-state index contributed by atoms with van der Waals surface area (Å²) in [5.41, 5.74) is 3.13. The van der Waals surface area contributed by atoms with Crippen LogP contribution in [0, 0.1) is 17.6 Å². The van der Waals surface area contributed by atoms with Crippen LogP contribution in [0.1, 0.15) is 19.5 Å². The molecule has 0 fully saturated rings. The molecule has 0 bridgehead atoms. The van der Waals surface area contributed by atoms with E-state index in [2.05, 4.69) is 28.5 Å². The molecule has 0 aliphatic carbocycles. The number of aryl methyl sites for hydroxylation is 2. The van der Waals surface area contributed by atoms with Crippen LogP contribution in [-0.2, 0) is 17.8 Å². The third kappa shape index (κ3) is 2.22. The minimum atomic E-state index is 0.418. The van der Waals surface area contributed by atoms with Crippen molar-refractivity contribution in [1.82, 2.24) is 19.3 Å². The fraction of sp³-hybridized carbons (Fsp3) is 0.667. The molecule has 6 heteroatoms.